The van der Waals surface area contributed by atoms with Crippen molar-refractivity contribution in [3.63, 3.8) is 0 Å². The van der Waals surface area contributed by atoms with Crippen molar-refractivity contribution in [2.24, 2.45) is 5.73 Å². The summed E-state index contributed by atoms with van der Waals surface area (Å²) >= 11 is 0. The molecule has 0 bridgehead atoms. The Morgan fingerprint density at radius 1 is 1.40 bits per heavy atom. The lowest BCUT2D eigenvalue weighted by Crippen LogP contribution is -2.24. The number of carbonyl (C=O) groups is 1. The van der Waals surface area contributed by atoms with Crippen molar-refractivity contribution in [3.8, 4) is 0 Å². The van der Waals surface area contributed by atoms with Crippen LogP contribution in [-0.2, 0) is 11.2 Å². The van der Waals surface area contributed by atoms with Gasteiger partial charge in [0.15, 0.2) is 0 Å². The summed E-state index contributed by atoms with van der Waals surface area (Å²) in [5.41, 5.74) is 6.57. The van der Waals surface area contributed by atoms with Crippen LogP contribution in [0.1, 0.15) is 18.4 Å². The largest absolute Gasteiger partial charge is 0.481 e. The van der Waals surface area contributed by atoms with E-state index in [-0.39, 0.29) is 18.3 Å². The molecule has 4 heteroatoms. The van der Waals surface area contributed by atoms with E-state index in [4.69, 9.17) is 10.8 Å². The minimum Gasteiger partial charge on any atom is -0.481 e. The van der Waals surface area contributed by atoms with E-state index in [9.17, 15) is 9.18 Å². The number of carboxylic acid groups (broad SMARTS) is 1. The van der Waals surface area contributed by atoms with Crippen molar-refractivity contribution in [1.29, 1.82) is 0 Å². The standard InChI is InChI=1S/C11H14FNO2/c12-9-4-1-8(2-5-9)3-6-10(13)7-11(14)15/h1-2,4-5,10H,3,6-7,13H2,(H,14,15)/t10-/m1/s1. The summed E-state index contributed by atoms with van der Waals surface area (Å²) in [4.78, 5) is 10.3. The van der Waals surface area contributed by atoms with E-state index in [0.29, 0.717) is 12.8 Å². The third kappa shape index (κ3) is 4.56. The molecular formula is C11H14FNO2. The second kappa shape index (κ2) is 5.46. The van der Waals surface area contributed by atoms with E-state index < -0.39 is 5.97 Å². The molecule has 0 unspecified atom stereocenters. The number of halogens is 1. The first kappa shape index (κ1) is 11.7. The summed E-state index contributed by atoms with van der Waals surface area (Å²) in [6, 6.07) is 5.80. The van der Waals surface area contributed by atoms with Gasteiger partial charge in [-0.3, -0.25) is 4.79 Å². The van der Waals surface area contributed by atoms with Gasteiger partial charge < -0.3 is 10.8 Å². The average molecular weight is 211 g/mol. The normalized spacial score (nSPS) is 12.4. The Bertz CT molecular complexity index is 324. The summed E-state index contributed by atoms with van der Waals surface area (Å²) < 4.78 is 12.6. The smallest absolute Gasteiger partial charge is 0.304 e. The summed E-state index contributed by atoms with van der Waals surface area (Å²) in [5.74, 6) is -1.16. The molecule has 1 atom stereocenters. The van der Waals surface area contributed by atoms with Gasteiger partial charge in [0.1, 0.15) is 5.82 Å². The van der Waals surface area contributed by atoms with Crippen LogP contribution in [0, 0.1) is 5.82 Å². The van der Waals surface area contributed by atoms with Crippen LogP contribution in [0.25, 0.3) is 0 Å². The predicted molar refractivity (Wildman–Crippen MR) is 54.9 cm³/mol. The monoisotopic (exact) mass is 211 g/mol. The first-order chi connectivity index (χ1) is 7.08. The molecule has 0 aliphatic heterocycles. The molecule has 1 rings (SSSR count). The summed E-state index contributed by atoms with van der Waals surface area (Å²) in [7, 11) is 0. The van der Waals surface area contributed by atoms with Crippen molar-refractivity contribution in [2.45, 2.75) is 25.3 Å². The Morgan fingerprint density at radius 2 is 2.00 bits per heavy atom. The van der Waals surface area contributed by atoms with Crippen LogP contribution < -0.4 is 5.73 Å². The summed E-state index contributed by atoms with van der Waals surface area (Å²) in [6.07, 6.45) is 1.24. The highest BCUT2D eigenvalue weighted by molar-refractivity contribution is 5.67. The fraction of sp³-hybridized carbons (Fsp3) is 0.364. The minimum absolute atomic E-state index is 0.0266. The minimum atomic E-state index is -0.887. The van der Waals surface area contributed by atoms with Crippen LogP contribution in [-0.4, -0.2) is 17.1 Å². The van der Waals surface area contributed by atoms with Crippen LogP contribution in [0.4, 0.5) is 4.39 Å². The molecular weight excluding hydrogens is 197 g/mol. The molecule has 1 aromatic rings. The van der Waals surface area contributed by atoms with Gasteiger partial charge in [-0.1, -0.05) is 12.1 Å². The summed E-state index contributed by atoms with van der Waals surface area (Å²) in [6.45, 7) is 0. The molecule has 3 N–H and O–H groups in total. The highest BCUT2D eigenvalue weighted by atomic mass is 19.1. The Kier molecular flexibility index (Phi) is 4.24. The first-order valence-electron chi connectivity index (χ1n) is 4.80. The SMILES string of the molecule is N[C@H](CCc1ccc(F)cc1)CC(=O)O. The van der Waals surface area contributed by atoms with Crippen LogP contribution in [0.2, 0.25) is 0 Å². The van der Waals surface area contributed by atoms with E-state index in [2.05, 4.69) is 0 Å². The van der Waals surface area contributed by atoms with Crippen LogP contribution in [0.15, 0.2) is 24.3 Å². The third-order valence-electron chi connectivity index (χ3n) is 2.15. The average Bonchev–Trinajstić information content (AvgIpc) is 2.16. The van der Waals surface area contributed by atoms with Gasteiger partial charge in [0.2, 0.25) is 0 Å². The van der Waals surface area contributed by atoms with Gasteiger partial charge in [-0.15, -0.1) is 0 Å². The van der Waals surface area contributed by atoms with E-state index in [0.717, 1.165) is 5.56 Å². The molecule has 0 saturated carbocycles. The quantitative estimate of drug-likeness (QED) is 0.776. The predicted octanol–water partition coefficient (Wildman–Crippen LogP) is 1.56. The van der Waals surface area contributed by atoms with Gasteiger partial charge in [0.25, 0.3) is 0 Å². The highest BCUT2D eigenvalue weighted by Gasteiger charge is 2.07. The van der Waals surface area contributed by atoms with Crippen molar-refractivity contribution in [1.82, 2.24) is 0 Å². The maximum Gasteiger partial charge on any atom is 0.304 e. The van der Waals surface area contributed by atoms with E-state index in [1.54, 1.807) is 12.1 Å². The molecule has 15 heavy (non-hydrogen) atoms. The van der Waals surface area contributed by atoms with E-state index in [1.807, 2.05) is 0 Å². The zero-order chi connectivity index (χ0) is 11.3. The van der Waals surface area contributed by atoms with E-state index in [1.165, 1.54) is 12.1 Å². The molecule has 3 nitrogen and oxygen atoms in total. The lowest BCUT2D eigenvalue weighted by molar-refractivity contribution is -0.137. The van der Waals surface area contributed by atoms with Crippen molar-refractivity contribution in [3.05, 3.63) is 35.6 Å². The number of carboxylic acids is 1. The van der Waals surface area contributed by atoms with E-state index >= 15 is 0 Å². The molecule has 0 aliphatic carbocycles. The number of benzene rings is 1. The Morgan fingerprint density at radius 3 is 2.53 bits per heavy atom. The Hall–Kier alpha value is -1.42. The van der Waals surface area contributed by atoms with Crippen molar-refractivity contribution < 1.29 is 14.3 Å². The number of rotatable bonds is 5. The number of aryl methyl sites for hydroxylation is 1. The Labute approximate surface area is 87.7 Å². The second-order valence-electron chi connectivity index (χ2n) is 3.52. The highest BCUT2D eigenvalue weighted by Crippen LogP contribution is 2.07. The maximum absolute atomic E-state index is 12.6. The molecule has 0 aliphatic rings. The van der Waals surface area contributed by atoms with Gasteiger partial charge >= 0.3 is 5.97 Å². The molecule has 0 radical (unpaired) electrons. The lowest BCUT2D eigenvalue weighted by Gasteiger charge is -2.08. The molecule has 0 amide bonds. The molecule has 0 aromatic heterocycles. The van der Waals surface area contributed by atoms with Gasteiger partial charge in [0.05, 0.1) is 6.42 Å². The second-order valence-corrected chi connectivity index (χ2v) is 3.52. The third-order valence-corrected chi connectivity index (χ3v) is 2.15. The summed E-state index contributed by atoms with van der Waals surface area (Å²) in [5, 5.41) is 8.49. The van der Waals surface area contributed by atoms with Crippen molar-refractivity contribution >= 4 is 5.97 Å². The molecule has 0 heterocycles. The number of hydrogen-bond donors (Lipinski definition) is 2. The van der Waals surface area contributed by atoms with Crippen LogP contribution in [0.3, 0.4) is 0 Å². The fourth-order valence-electron chi connectivity index (χ4n) is 1.33. The van der Waals surface area contributed by atoms with Crippen molar-refractivity contribution in [2.75, 3.05) is 0 Å². The maximum atomic E-state index is 12.6. The Balaban J connectivity index is 2.36. The van der Waals surface area contributed by atoms with Gasteiger partial charge in [-0.2, -0.15) is 0 Å². The van der Waals surface area contributed by atoms with Crippen LogP contribution >= 0.6 is 0 Å². The zero-order valence-electron chi connectivity index (χ0n) is 8.32. The van der Waals surface area contributed by atoms with Gasteiger partial charge in [-0.05, 0) is 30.5 Å². The zero-order valence-corrected chi connectivity index (χ0v) is 8.32. The lowest BCUT2D eigenvalue weighted by atomic mass is 10.0. The number of aliphatic carboxylic acids is 1. The van der Waals surface area contributed by atoms with Gasteiger partial charge in [-0.25, -0.2) is 4.39 Å². The topological polar surface area (TPSA) is 63.3 Å². The fourth-order valence-corrected chi connectivity index (χ4v) is 1.33. The molecule has 0 spiro atoms. The number of hydrogen-bond acceptors (Lipinski definition) is 2. The number of nitrogens with two attached hydrogens (primary N) is 1. The molecule has 82 valence electrons. The van der Waals surface area contributed by atoms with Crippen LogP contribution in [0.5, 0.6) is 0 Å². The molecule has 0 fully saturated rings. The molecule has 0 saturated heterocycles. The van der Waals surface area contributed by atoms with Gasteiger partial charge in [0, 0.05) is 6.04 Å². The molecule has 1 aromatic carbocycles. The first-order valence-corrected chi connectivity index (χ1v) is 4.80.